The number of pyridine rings is 1. The van der Waals surface area contributed by atoms with Crippen LogP contribution in [-0.2, 0) is 0 Å². The third kappa shape index (κ3) is 3.51. The maximum atomic E-state index is 13.0. The number of hydrazine groups is 1. The molecule has 0 saturated heterocycles. The smallest absolute Gasteiger partial charge is 0.341 e. The lowest BCUT2D eigenvalue weighted by molar-refractivity contribution is 0.0478. The van der Waals surface area contributed by atoms with E-state index < -0.39 is 40.7 Å². The number of fused-ring (bicyclic) bond motifs is 1. The molecule has 0 spiro atoms. The molecule has 3 N–H and O–H groups in total. The molecule has 1 atom stereocenters. The third-order valence-electron chi connectivity index (χ3n) is 5.36. The summed E-state index contributed by atoms with van der Waals surface area (Å²) >= 11 is 0. The number of carbonyl (C=O) groups is 2. The summed E-state index contributed by atoms with van der Waals surface area (Å²) in [6.45, 7) is -0.125. The molecule has 8 heteroatoms. The molecule has 0 aliphatic carbocycles. The lowest BCUT2D eigenvalue weighted by Crippen LogP contribution is -2.54. The van der Waals surface area contributed by atoms with Gasteiger partial charge in [0, 0.05) is 12.1 Å². The highest BCUT2D eigenvalue weighted by Crippen LogP contribution is 2.37. The van der Waals surface area contributed by atoms with Crippen molar-refractivity contribution in [3.63, 3.8) is 0 Å². The van der Waals surface area contributed by atoms with Crippen molar-refractivity contribution in [3.8, 4) is 18.1 Å². The first-order valence-corrected chi connectivity index (χ1v) is 9.76. The monoisotopic (exact) mass is 429 g/mol. The van der Waals surface area contributed by atoms with Gasteiger partial charge in [0.25, 0.3) is 5.91 Å². The van der Waals surface area contributed by atoms with Crippen molar-refractivity contribution in [1.29, 1.82) is 0 Å². The van der Waals surface area contributed by atoms with Gasteiger partial charge in [-0.3, -0.25) is 14.6 Å². The number of nitrogens with zero attached hydrogens (tertiary/aromatic N) is 2. The van der Waals surface area contributed by atoms with Crippen LogP contribution in [0.1, 0.15) is 44.1 Å². The van der Waals surface area contributed by atoms with Crippen LogP contribution in [0.2, 0.25) is 0 Å². The zero-order valence-corrected chi connectivity index (χ0v) is 16.8. The summed E-state index contributed by atoms with van der Waals surface area (Å²) in [7, 11) is 0. The number of aromatic hydroxyl groups is 1. The molecule has 1 aliphatic rings. The largest absolute Gasteiger partial charge is 0.503 e. The van der Waals surface area contributed by atoms with Crippen molar-refractivity contribution in [1.82, 2.24) is 15.0 Å². The summed E-state index contributed by atoms with van der Waals surface area (Å²) in [6, 6.07) is 18.8. The lowest BCUT2D eigenvalue weighted by atomic mass is 9.88. The fourth-order valence-electron chi connectivity index (χ4n) is 3.93. The van der Waals surface area contributed by atoms with Gasteiger partial charge < -0.3 is 14.8 Å². The second kappa shape index (κ2) is 8.41. The third-order valence-corrected chi connectivity index (χ3v) is 5.36. The first-order valence-electron chi connectivity index (χ1n) is 9.76. The minimum absolute atomic E-state index is 0.125. The molecule has 4 rings (SSSR count). The van der Waals surface area contributed by atoms with E-state index >= 15 is 0 Å². The summed E-state index contributed by atoms with van der Waals surface area (Å²) in [5.41, 5.74) is 2.71. The fraction of sp³-hybridized carbons (Fsp3) is 0.125. The first-order chi connectivity index (χ1) is 15.4. The van der Waals surface area contributed by atoms with Crippen molar-refractivity contribution in [2.24, 2.45) is 0 Å². The van der Waals surface area contributed by atoms with E-state index in [1.807, 2.05) is 60.7 Å². The Morgan fingerprint density at radius 2 is 1.62 bits per heavy atom. The summed E-state index contributed by atoms with van der Waals surface area (Å²) in [6.07, 6.45) is 5.74. The molecule has 0 bridgehead atoms. The van der Waals surface area contributed by atoms with Gasteiger partial charge >= 0.3 is 5.97 Å². The fourth-order valence-corrected chi connectivity index (χ4v) is 3.93. The minimum Gasteiger partial charge on any atom is -0.503 e. The number of hydrogen-bond donors (Lipinski definition) is 3. The molecule has 2 aromatic carbocycles. The Bertz CT molecular complexity index is 1240. The second-order valence-corrected chi connectivity index (χ2v) is 7.25. The highest BCUT2D eigenvalue weighted by atomic mass is 16.4. The molecule has 2 heterocycles. The normalized spacial score (nSPS) is 15.3. The highest BCUT2D eigenvalue weighted by molar-refractivity contribution is 5.97. The second-order valence-electron chi connectivity index (χ2n) is 7.25. The Labute approximate surface area is 183 Å². The number of rotatable bonds is 5. The molecule has 3 aromatic rings. The van der Waals surface area contributed by atoms with E-state index in [-0.39, 0.29) is 12.2 Å². The topological polar surface area (TPSA) is 112 Å². The number of carboxylic acids is 1. The lowest BCUT2D eigenvalue weighted by Gasteiger charge is -2.40. The van der Waals surface area contributed by atoms with Crippen molar-refractivity contribution in [3.05, 3.63) is 99.5 Å². The Kier molecular flexibility index (Phi) is 5.50. The maximum absolute atomic E-state index is 13.0. The molecule has 32 heavy (non-hydrogen) atoms. The van der Waals surface area contributed by atoms with E-state index in [2.05, 4.69) is 11.3 Å². The number of carboxylic acid groups (broad SMARTS) is 1. The molecule has 0 radical (unpaired) electrons. The number of aromatic nitrogens is 1. The first kappa shape index (κ1) is 20.9. The van der Waals surface area contributed by atoms with Gasteiger partial charge in [-0.05, 0) is 11.1 Å². The predicted octanol–water partition coefficient (Wildman–Crippen LogP) is 2.18. The van der Waals surface area contributed by atoms with Crippen LogP contribution >= 0.6 is 0 Å². The Morgan fingerprint density at radius 1 is 1.06 bits per heavy atom. The zero-order valence-electron chi connectivity index (χ0n) is 16.8. The average Bonchev–Trinajstić information content (AvgIpc) is 2.80. The molecule has 1 amide bonds. The van der Waals surface area contributed by atoms with Gasteiger partial charge in [-0.1, -0.05) is 66.6 Å². The number of hydrogen-bond acceptors (Lipinski definition) is 5. The Hall–Kier alpha value is -4.35. The molecular weight excluding hydrogens is 410 g/mol. The van der Waals surface area contributed by atoms with E-state index in [1.165, 1.54) is 4.57 Å². The Balaban J connectivity index is 2.01. The van der Waals surface area contributed by atoms with Crippen molar-refractivity contribution in [2.75, 3.05) is 6.54 Å². The Morgan fingerprint density at radius 3 is 2.12 bits per heavy atom. The van der Waals surface area contributed by atoms with Gasteiger partial charge in [-0.15, -0.1) is 6.42 Å². The van der Waals surface area contributed by atoms with Crippen LogP contribution < -0.4 is 10.9 Å². The van der Waals surface area contributed by atoms with E-state index in [0.717, 1.165) is 22.3 Å². The number of amides is 1. The molecule has 1 aliphatic heterocycles. The van der Waals surface area contributed by atoms with Crippen LogP contribution in [0.5, 0.6) is 5.75 Å². The van der Waals surface area contributed by atoms with Gasteiger partial charge in [0.2, 0.25) is 5.43 Å². The maximum Gasteiger partial charge on any atom is 0.341 e. The van der Waals surface area contributed by atoms with Crippen LogP contribution in [-0.4, -0.2) is 38.2 Å². The molecule has 1 aromatic heterocycles. The van der Waals surface area contributed by atoms with Gasteiger partial charge in [0.05, 0.1) is 6.54 Å². The summed E-state index contributed by atoms with van der Waals surface area (Å²) < 4.78 is 1.31. The summed E-state index contributed by atoms with van der Waals surface area (Å²) in [5.74, 6) is -1.21. The molecular formula is C24H19N3O5. The molecule has 0 saturated carbocycles. The number of terminal acetylenes is 1. The van der Waals surface area contributed by atoms with Gasteiger partial charge in [-0.2, -0.15) is 0 Å². The average molecular weight is 429 g/mol. The van der Waals surface area contributed by atoms with Gasteiger partial charge in [0.1, 0.15) is 11.7 Å². The van der Waals surface area contributed by atoms with Gasteiger partial charge in [-0.25, -0.2) is 10.2 Å². The van der Waals surface area contributed by atoms with E-state index in [0.29, 0.717) is 0 Å². The van der Waals surface area contributed by atoms with E-state index in [1.54, 1.807) is 0 Å². The minimum atomic E-state index is -1.51. The van der Waals surface area contributed by atoms with Crippen LogP contribution in [0.25, 0.3) is 0 Å². The van der Waals surface area contributed by atoms with E-state index in [4.69, 9.17) is 6.42 Å². The number of carbonyl (C=O) groups excluding carboxylic acids is 1. The van der Waals surface area contributed by atoms with E-state index in [9.17, 15) is 24.6 Å². The number of nitrogens with one attached hydrogen (secondary N) is 1. The molecule has 0 unspecified atom stereocenters. The van der Waals surface area contributed by atoms with Crippen molar-refractivity contribution in [2.45, 2.75) is 12.1 Å². The quantitative estimate of drug-likeness (QED) is 0.536. The summed E-state index contributed by atoms with van der Waals surface area (Å²) in [5, 5.41) is 21.2. The molecule has 8 nitrogen and oxygen atoms in total. The molecule has 160 valence electrons. The van der Waals surface area contributed by atoms with Gasteiger partial charge in [0.15, 0.2) is 11.4 Å². The number of benzene rings is 2. The highest BCUT2D eigenvalue weighted by Gasteiger charge is 2.39. The summed E-state index contributed by atoms with van der Waals surface area (Å²) in [4.78, 5) is 37.1. The van der Waals surface area contributed by atoms with Crippen molar-refractivity contribution >= 4 is 11.9 Å². The standard InChI is InChI=1S/C24H19N3O5/c1-2-13-27-23(30)19-21(29)20(28)17(24(31)32)14-26(19)22(25-27)18(15-9-5-3-6-10-15)16-11-7-4-8-12-16/h1,3-12,14,18,22,25,29H,13H2,(H,31,32)/t22-/m0/s1. The molecule has 0 fully saturated rings. The number of aromatic carboxylic acids is 1. The SMILES string of the molecule is C#CCN1N[C@H](C(c2ccccc2)c2ccccc2)n2cc(C(=O)O)c(=O)c(O)c2C1=O. The van der Waals surface area contributed by atoms with Crippen LogP contribution in [0.4, 0.5) is 0 Å². The van der Waals surface area contributed by atoms with Crippen LogP contribution in [0, 0.1) is 12.3 Å². The zero-order chi connectivity index (χ0) is 22.8. The van der Waals surface area contributed by atoms with Crippen LogP contribution in [0.3, 0.4) is 0 Å². The predicted molar refractivity (Wildman–Crippen MR) is 116 cm³/mol. The van der Waals surface area contributed by atoms with Crippen LogP contribution in [0.15, 0.2) is 71.7 Å². The van der Waals surface area contributed by atoms with Crippen molar-refractivity contribution < 1.29 is 19.8 Å².